The van der Waals surface area contributed by atoms with E-state index in [-0.39, 0.29) is 6.29 Å². The first-order valence-corrected chi connectivity index (χ1v) is 2.88. The maximum absolute atomic E-state index is 9.84. The second kappa shape index (κ2) is 4.07. The Bertz CT molecular complexity index is 155. The summed E-state index contributed by atoms with van der Waals surface area (Å²) in [7, 11) is 0. The van der Waals surface area contributed by atoms with Gasteiger partial charge >= 0.3 is 0 Å². The Balaban J connectivity index is 4.11. The van der Waals surface area contributed by atoms with E-state index in [1.54, 1.807) is 0 Å². The molecule has 0 amide bonds. The van der Waals surface area contributed by atoms with E-state index in [0.29, 0.717) is 0 Å². The molecule has 0 saturated carbocycles. The third-order valence-corrected chi connectivity index (χ3v) is 1.15. The molecule has 0 aromatic rings. The van der Waals surface area contributed by atoms with E-state index in [1.165, 1.54) is 0 Å². The van der Waals surface area contributed by atoms with Crippen molar-refractivity contribution in [3.63, 3.8) is 0 Å². The van der Waals surface area contributed by atoms with Crippen LogP contribution in [0.4, 0.5) is 0 Å². The highest BCUT2D eigenvalue weighted by Crippen LogP contribution is 2.04. The molecule has 11 heavy (non-hydrogen) atoms. The van der Waals surface area contributed by atoms with E-state index in [9.17, 15) is 4.79 Å². The zero-order chi connectivity index (χ0) is 9.02. The maximum atomic E-state index is 9.84. The molecule has 0 fully saturated rings. The molecule has 0 aliphatic rings. The topological polar surface area (TPSA) is 98.0 Å². The van der Waals surface area contributed by atoms with Crippen LogP contribution in [0.15, 0.2) is 12.3 Å². The van der Waals surface area contributed by atoms with Crippen LogP contribution in [0, 0.1) is 0 Å². The predicted octanol–water partition coefficient (Wildman–Crippen LogP) is -1.66. The average Bonchev–Trinajstić information content (AvgIpc) is 2.00. The first kappa shape index (κ1) is 10.1. The average molecular weight is 162 g/mol. The van der Waals surface area contributed by atoms with Crippen LogP contribution < -0.4 is 0 Å². The van der Waals surface area contributed by atoms with Gasteiger partial charge in [-0.15, -0.1) is 0 Å². The molecule has 0 bridgehead atoms. The zero-order valence-corrected chi connectivity index (χ0v) is 5.71. The summed E-state index contributed by atoms with van der Waals surface area (Å²) in [5.41, 5.74) is 0. The van der Waals surface area contributed by atoms with Crippen molar-refractivity contribution < 1.29 is 25.2 Å². The lowest BCUT2D eigenvalue weighted by molar-refractivity contribution is -0.125. The van der Waals surface area contributed by atoms with Crippen molar-refractivity contribution in [2.75, 3.05) is 0 Å². The molecule has 0 aromatic carbocycles. The van der Waals surface area contributed by atoms with Gasteiger partial charge in [0, 0.05) is 0 Å². The number of aliphatic hydroxyl groups is 4. The molecule has 0 aliphatic carbocycles. The van der Waals surface area contributed by atoms with Crippen molar-refractivity contribution in [2.24, 2.45) is 0 Å². The molecule has 0 spiro atoms. The molecule has 0 aromatic heterocycles. The summed E-state index contributed by atoms with van der Waals surface area (Å²) in [6.07, 6.45) is -5.09. The molecule has 0 heterocycles. The van der Waals surface area contributed by atoms with Crippen molar-refractivity contribution in [3.8, 4) is 0 Å². The van der Waals surface area contributed by atoms with Crippen molar-refractivity contribution in [1.82, 2.24) is 0 Å². The van der Waals surface area contributed by atoms with Crippen LogP contribution in [-0.2, 0) is 4.79 Å². The van der Waals surface area contributed by atoms with E-state index in [4.69, 9.17) is 20.4 Å². The van der Waals surface area contributed by atoms with Crippen molar-refractivity contribution in [3.05, 3.63) is 12.3 Å². The van der Waals surface area contributed by atoms with E-state index in [2.05, 4.69) is 6.58 Å². The molecule has 5 heteroatoms. The van der Waals surface area contributed by atoms with Gasteiger partial charge in [0.15, 0.2) is 6.29 Å². The van der Waals surface area contributed by atoms with Gasteiger partial charge in [-0.05, 0) is 0 Å². The lowest BCUT2D eigenvalue weighted by Crippen LogP contribution is -2.39. The first-order valence-electron chi connectivity index (χ1n) is 2.88. The summed E-state index contributed by atoms with van der Waals surface area (Å²) >= 11 is 0. The van der Waals surface area contributed by atoms with E-state index >= 15 is 0 Å². The van der Waals surface area contributed by atoms with Crippen LogP contribution in [0.5, 0.6) is 0 Å². The molecule has 0 saturated heterocycles. The quantitative estimate of drug-likeness (QED) is 0.293. The molecule has 64 valence electrons. The third kappa shape index (κ3) is 2.67. The van der Waals surface area contributed by atoms with Crippen molar-refractivity contribution in [2.45, 2.75) is 18.3 Å². The van der Waals surface area contributed by atoms with E-state index in [1.807, 2.05) is 0 Å². The molecule has 4 N–H and O–H groups in total. The molecule has 3 unspecified atom stereocenters. The highest BCUT2D eigenvalue weighted by atomic mass is 16.4. The van der Waals surface area contributed by atoms with Gasteiger partial charge in [0.2, 0.25) is 0 Å². The first-order chi connectivity index (χ1) is 5.00. The molecule has 5 nitrogen and oxygen atoms in total. The summed E-state index contributed by atoms with van der Waals surface area (Å²) in [6.45, 7) is 2.91. The Morgan fingerprint density at radius 2 is 1.82 bits per heavy atom. The summed E-state index contributed by atoms with van der Waals surface area (Å²) in [5.74, 6) is -0.696. The molecular formula is C6H10O5. The Labute approximate surface area is 63.2 Å². The highest BCUT2D eigenvalue weighted by Gasteiger charge is 2.25. The number of carbonyl (C=O) groups excluding carboxylic acids is 1. The van der Waals surface area contributed by atoms with Crippen LogP contribution in [0.2, 0.25) is 0 Å². The normalized spacial score (nSPS) is 18.5. The summed E-state index contributed by atoms with van der Waals surface area (Å²) < 4.78 is 0. The van der Waals surface area contributed by atoms with Gasteiger partial charge in [0.05, 0.1) is 0 Å². The monoisotopic (exact) mass is 162 g/mol. The lowest BCUT2D eigenvalue weighted by Gasteiger charge is -2.17. The number of aldehydes is 1. The maximum Gasteiger partial charge on any atom is 0.151 e. The second-order valence-electron chi connectivity index (χ2n) is 2.05. The smallest absolute Gasteiger partial charge is 0.151 e. The Hall–Kier alpha value is -0.910. The third-order valence-electron chi connectivity index (χ3n) is 1.15. The van der Waals surface area contributed by atoms with Gasteiger partial charge in [0.1, 0.15) is 24.1 Å². The van der Waals surface area contributed by atoms with Gasteiger partial charge in [-0.2, -0.15) is 0 Å². The van der Waals surface area contributed by atoms with Crippen LogP contribution >= 0.6 is 0 Å². The summed E-state index contributed by atoms with van der Waals surface area (Å²) in [6, 6.07) is 0. The molecule has 0 rings (SSSR count). The van der Waals surface area contributed by atoms with E-state index < -0.39 is 24.1 Å². The number of hydrogen-bond donors (Lipinski definition) is 4. The SMILES string of the molecule is C=C(O)C(O)C(O)C(O)C=O. The number of carbonyl (C=O) groups is 1. The van der Waals surface area contributed by atoms with Gasteiger partial charge in [-0.25, -0.2) is 0 Å². The molecule has 3 atom stereocenters. The minimum Gasteiger partial charge on any atom is -0.510 e. The summed E-state index contributed by atoms with van der Waals surface area (Å²) in [5, 5.41) is 34.7. The zero-order valence-electron chi connectivity index (χ0n) is 5.71. The Morgan fingerprint density at radius 3 is 2.09 bits per heavy atom. The van der Waals surface area contributed by atoms with Crippen LogP contribution in [-0.4, -0.2) is 45.0 Å². The van der Waals surface area contributed by atoms with Crippen LogP contribution in [0.3, 0.4) is 0 Å². The fourth-order valence-electron chi connectivity index (χ4n) is 0.464. The Kier molecular flexibility index (Phi) is 3.73. The standard InChI is InChI=1S/C6H10O5/c1-3(8)5(10)6(11)4(9)2-7/h2,4-6,8-11H,1H2. The van der Waals surface area contributed by atoms with Gasteiger partial charge in [-0.1, -0.05) is 6.58 Å². The minimum atomic E-state index is -1.73. The van der Waals surface area contributed by atoms with Crippen molar-refractivity contribution >= 4 is 6.29 Å². The Morgan fingerprint density at radius 1 is 1.36 bits per heavy atom. The lowest BCUT2D eigenvalue weighted by atomic mass is 10.1. The van der Waals surface area contributed by atoms with Crippen LogP contribution in [0.25, 0.3) is 0 Å². The number of rotatable bonds is 4. The highest BCUT2D eigenvalue weighted by molar-refractivity contribution is 5.56. The van der Waals surface area contributed by atoms with Crippen LogP contribution in [0.1, 0.15) is 0 Å². The van der Waals surface area contributed by atoms with Gasteiger partial charge in [0.25, 0.3) is 0 Å². The fraction of sp³-hybridized carbons (Fsp3) is 0.500. The number of hydrogen-bond acceptors (Lipinski definition) is 5. The largest absolute Gasteiger partial charge is 0.510 e. The predicted molar refractivity (Wildman–Crippen MR) is 35.9 cm³/mol. The molecule has 0 radical (unpaired) electrons. The van der Waals surface area contributed by atoms with Crippen molar-refractivity contribution in [1.29, 1.82) is 0 Å². The van der Waals surface area contributed by atoms with E-state index in [0.717, 1.165) is 0 Å². The molecule has 0 aliphatic heterocycles. The molecular weight excluding hydrogens is 152 g/mol. The summed E-state index contributed by atoms with van der Waals surface area (Å²) in [4.78, 5) is 9.84. The number of aliphatic hydroxyl groups excluding tert-OH is 4. The van der Waals surface area contributed by atoms with Gasteiger partial charge in [-0.3, -0.25) is 0 Å². The minimum absolute atomic E-state index is 0.0524. The fourth-order valence-corrected chi connectivity index (χ4v) is 0.464. The second-order valence-corrected chi connectivity index (χ2v) is 2.05. The van der Waals surface area contributed by atoms with Gasteiger partial charge < -0.3 is 25.2 Å².